The van der Waals surface area contributed by atoms with Gasteiger partial charge in [0.15, 0.2) is 0 Å². The molecule has 34 heavy (non-hydrogen) atoms. The van der Waals surface area contributed by atoms with Gasteiger partial charge in [-0.3, -0.25) is 4.79 Å². The summed E-state index contributed by atoms with van der Waals surface area (Å²) in [4.78, 5) is 27.9. The molecule has 1 amide bonds. The first-order valence-corrected chi connectivity index (χ1v) is 11.2. The van der Waals surface area contributed by atoms with E-state index in [1.54, 1.807) is 26.2 Å². The number of benzene rings is 2. The van der Waals surface area contributed by atoms with Gasteiger partial charge in [-0.1, -0.05) is 43.7 Å². The molecule has 1 atom stereocenters. The normalized spacial score (nSPS) is 16.6. The molecule has 8 heteroatoms. The molecule has 1 aliphatic heterocycles. The number of esters is 1. The van der Waals surface area contributed by atoms with E-state index in [0.717, 1.165) is 11.6 Å². The van der Waals surface area contributed by atoms with Gasteiger partial charge in [-0.15, -0.1) is 0 Å². The Balaban J connectivity index is 2.15. The Hall–Kier alpha value is -3.29. The molecule has 5 nitrogen and oxygen atoms in total. The van der Waals surface area contributed by atoms with Gasteiger partial charge in [0.25, 0.3) is 0 Å². The molecule has 0 aliphatic carbocycles. The summed E-state index contributed by atoms with van der Waals surface area (Å²) < 4.78 is 51.9. The quantitative estimate of drug-likeness (QED) is 0.450. The number of hydrogen-bond acceptors (Lipinski definition) is 4. The zero-order valence-corrected chi connectivity index (χ0v) is 19.4. The molecule has 0 fully saturated rings. The van der Waals surface area contributed by atoms with Crippen LogP contribution in [-0.2, 0) is 27.0 Å². The van der Waals surface area contributed by atoms with Crippen molar-refractivity contribution in [1.29, 1.82) is 0 Å². The van der Waals surface area contributed by atoms with Gasteiger partial charge in [-0.05, 0) is 42.7 Å². The van der Waals surface area contributed by atoms with Crippen LogP contribution in [0.2, 0.25) is 0 Å². The first-order valence-electron chi connectivity index (χ1n) is 11.2. The lowest BCUT2D eigenvalue weighted by atomic mass is 9.80. The Kier molecular flexibility index (Phi) is 8.02. The van der Waals surface area contributed by atoms with Crippen LogP contribution in [-0.4, -0.2) is 30.5 Å². The standard InChI is InChI=1S/C26H28F3NO4/c1-4-8-22-24(25(32)34-5-2)20(19-9-6-7-10-21(19)26(27,28)29)15-23(31)30(22)16-17-11-13-18(33-3)14-12-17/h6-7,9-14,20H,4-5,8,15-16H2,1-3H3. The molecule has 1 unspecified atom stereocenters. The molecular weight excluding hydrogens is 447 g/mol. The Morgan fingerprint density at radius 3 is 2.35 bits per heavy atom. The van der Waals surface area contributed by atoms with E-state index >= 15 is 0 Å². The SMILES string of the molecule is CCCC1=C(C(=O)OCC)C(c2ccccc2C(F)(F)F)CC(=O)N1Cc1ccc(OC)cc1. The van der Waals surface area contributed by atoms with E-state index in [4.69, 9.17) is 9.47 Å². The number of halogens is 3. The third-order valence-corrected chi connectivity index (χ3v) is 5.79. The van der Waals surface area contributed by atoms with Gasteiger partial charge in [0.05, 0.1) is 31.4 Å². The first-order chi connectivity index (χ1) is 16.2. The van der Waals surface area contributed by atoms with Crippen LogP contribution in [0.1, 0.15) is 55.7 Å². The fraction of sp³-hybridized carbons (Fsp3) is 0.385. The predicted octanol–water partition coefficient (Wildman–Crippen LogP) is 5.85. The molecule has 2 aromatic carbocycles. The molecule has 182 valence electrons. The van der Waals surface area contributed by atoms with Gasteiger partial charge in [0.1, 0.15) is 5.75 Å². The summed E-state index contributed by atoms with van der Waals surface area (Å²) in [6.07, 6.45) is -3.94. The molecule has 0 aromatic heterocycles. The third-order valence-electron chi connectivity index (χ3n) is 5.79. The summed E-state index contributed by atoms with van der Waals surface area (Å²) in [7, 11) is 1.55. The molecule has 0 saturated carbocycles. The molecule has 0 radical (unpaired) electrons. The maximum absolute atomic E-state index is 13.8. The number of methoxy groups -OCH3 is 1. The number of alkyl halides is 3. The Labute approximate surface area is 197 Å². The van der Waals surface area contributed by atoms with Crippen molar-refractivity contribution in [1.82, 2.24) is 4.90 Å². The van der Waals surface area contributed by atoms with E-state index in [-0.39, 0.29) is 36.6 Å². The molecule has 1 aliphatic rings. The van der Waals surface area contributed by atoms with Crippen LogP contribution >= 0.6 is 0 Å². The highest BCUT2D eigenvalue weighted by Crippen LogP contribution is 2.44. The van der Waals surface area contributed by atoms with Crippen LogP contribution in [0.25, 0.3) is 0 Å². The highest BCUT2D eigenvalue weighted by Gasteiger charge is 2.42. The highest BCUT2D eigenvalue weighted by molar-refractivity contribution is 5.96. The Bertz CT molecular complexity index is 1060. The number of hydrogen-bond donors (Lipinski definition) is 0. The van der Waals surface area contributed by atoms with Gasteiger partial charge in [0, 0.05) is 18.0 Å². The van der Waals surface area contributed by atoms with Gasteiger partial charge in [-0.25, -0.2) is 4.79 Å². The number of amides is 1. The fourth-order valence-corrected chi connectivity index (χ4v) is 4.28. The third kappa shape index (κ3) is 5.43. The van der Waals surface area contributed by atoms with Gasteiger partial charge in [-0.2, -0.15) is 13.2 Å². The highest BCUT2D eigenvalue weighted by atomic mass is 19.4. The molecule has 0 bridgehead atoms. The van der Waals surface area contributed by atoms with Crippen molar-refractivity contribution in [3.63, 3.8) is 0 Å². The van der Waals surface area contributed by atoms with Crippen molar-refractivity contribution < 1.29 is 32.2 Å². The summed E-state index contributed by atoms with van der Waals surface area (Å²) in [6.45, 7) is 3.79. The summed E-state index contributed by atoms with van der Waals surface area (Å²) in [5, 5.41) is 0. The summed E-state index contributed by atoms with van der Waals surface area (Å²) in [5.41, 5.74) is 0.391. The topological polar surface area (TPSA) is 55.8 Å². The molecule has 0 spiro atoms. The smallest absolute Gasteiger partial charge is 0.416 e. The predicted molar refractivity (Wildman–Crippen MR) is 121 cm³/mol. The average molecular weight is 476 g/mol. The lowest BCUT2D eigenvalue weighted by molar-refractivity contribution is -0.142. The average Bonchev–Trinajstić information content (AvgIpc) is 2.81. The summed E-state index contributed by atoms with van der Waals surface area (Å²) in [5.74, 6) is -1.42. The van der Waals surface area contributed by atoms with Crippen LogP contribution in [0.3, 0.4) is 0 Å². The molecule has 1 heterocycles. The van der Waals surface area contributed by atoms with Gasteiger partial charge < -0.3 is 14.4 Å². The van der Waals surface area contributed by atoms with Crippen LogP contribution in [0.15, 0.2) is 59.8 Å². The van der Waals surface area contributed by atoms with E-state index in [1.165, 1.54) is 23.1 Å². The summed E-state index contributed by atoms with van der Waals surface area (Å²) in [6, 6.07) is 12.3. The second-order valence-corrected chi connectivity index (χ2v) is 8.00. The Morgan fingerprint density at radius 2 is 1.76 bits per heavy atom. The monoisotopic (exact) mass is 475 g/mol. The van der Waals surface area contributed by atoms with Crippen LogP contribution in [0, 0.1) is 0 Å². The second-order valence-electron chi connectivity index (χ2n) is 8.00. The first kappa shape index (κ1) is 25.3. The number of carbonyl (C=O) groups is 2. The lowest BCUT2D eigenvalue weighted by Gasteiger charge is -2.36. The molecule has 0 saturated heterocycles. The van der Waals surface area contributed by atoms with Crippen molar-refractivity contribution in [3.05, 3.63) is 76.5 Å². The zero-order valence-electron chi connectivity index (χ0n) is 19.4. The van der Waals surface area contributed by atoms with Crippen LogP contribution in [0.5, 0.6) is 5.75 Å². The fourth-order valence-electron chi connectivity index (χ4n) is 4.28. The van der Waals surface area contributed by atoms with Crippen LogP contribution in [0.4, 0.5) is 13.2 Å². The van der Waals surface area contributed by atoms with Gasteiger partial charge in [0.2, 0.25) is 5.91 Å². The van der Waals surface area contributed by atoms with Crippen molar-refractivity contribution in [2.75, 3.05) is 13.7 Å². The molecule has 2 aromatic rings. The number of nitrogens with zero attached hydrogens (tertiary/aromatic N) is 1. The zero-order chi connectivity index (χ0) is 24.9. The number of ether oxygens (including phenoxy) is 2. The molecular formula is C26H28F3NO4. The summed E-state index contributed by atoms with van der Waals surface area (Å²) >= 11 is 0. The van der Waals surface area contributed by atoms with E-state index in [9.17, 15) is 22.8 Å². The minimum absolute atomic E-state index is 0.0712. The number of rotatable bonds is 8. The van der Waals surface area contributed by atoms with Crippen LogP contribution < -0.4 is 4.74 Å². The largest absolute Gasteiger partial charge is 0.497 e. The van der Waals surface area contributed by atoms with E-state index in [2.05, 4.69) is 0 Å². The minimum Gasteiger partial charge on any atom is -0.497 e. The number of carbonyl (C=O) groups excluding carboxylic acids is 2. The molecule has 3 rings (SSSR count). The van der Waals surface area contributed by atoms with Crippen molar-refractivity contribution in [2.45, 2.75) is 51.7 Å². The minimum atomic E-state index is -4.62. The van der Waals surface area contributed by atoms with E-state index < -0.39 is 23.6 Å². The van der Waals surface area contributed by atoms with Gasteiger partial charge >= 0.3 is 12.1 Å². The lowest BCUT2D eigenvalue weighted by Crippen LogP contribution is -2.39. The molecule has 0 N–H and O–H groups in total. The van der Waals surface area contributed by atoms with Crippen molar-refractivity contribution in [3.8, 4) is 5.75 Å². The Morgan fingerprint density at radius 1 is 1.09 bits per heavy atom. The van der Waals surface area contributed by atoms with E-state index in [1.807, 2.05) is 19.1 Å². The van der Waals surface area contributed by atoms with E-state index in [0.29, 0.717) is 24.3 Å². The number of allylic oxidation sites excluding steroid dienone is 1. The maximum Gasteiger partial charge on any atom is 0.416 e. The van der Waals surface area contributed by atoms with Crippen molar-refractivity contribution >= 4 is 11.9 Å². The second kappa shape index (κ2) is 10.8. The maximum atomic E-state index is 13.8. The van der Waals surface area contributed by atoms with Crippen molar-refractivity contribution in [2.24, 2.45) is 0 Å².